The largest absolute Gasteiger partial charge is 0.394 e. The van der Waals surface area contributed by atoms with E-state index >= 15 is 0 Å². The van der Waals surface area contributed by atoms with Gasteiger partial charge in [-0.05, 0) is 56.1 Å². The van der Waals surface area contributed by atoms with Crippen LogP contribution in [0.5, 0.6) is 0 Å². The molecular weight excluding hydrogens is 194 g/mol. The minimum absolute atomic E-state index is 0.0900. The molecule has 0 bridgehead atoms. The van der Waals surface area contributed by atoms with Gasteiger partial charge in [0.25, 0.3) is 0 Å². The van der Waals surface area contributed by atoms with Crippen LogP contribution in [-0.2, 0) is 0 Å². The van der Waals surface area contributed by atoms with E-state index in [0.29, 0.717) is 6.61 Å². The van der Waals surface area contributed by atoms with Gasteiger partial charge >= 0.3 is 0 Å². The zero-order valence-electron chi connectivity index (χ0n) is 8.80. The third-order valence-electron chi connectivity index (χ3n) is 3.66. The van der Waals surface area contributed by atoms with Crippen molar-refractivity contribution >= 4 is 11.8 Å². The lowest BCUT2D eigenvalue weighted by atomic mass is 9.84. The van der Waals surface area contributed by atoms with Gasteiger partial charge in [-0.2, -0.15) is 11.8 Å². The Morgan fingerprint density at radius 3 is 2.71 bits per heavy atom. The van der Waals surface area contributed by atoms with E-state index in [2.05, 4.69) is 17.1 Å². The number of rotatable bonds is 3. The molecule has 2 nitrogen and oxygen atoms in total. The standard InChI is InChI=1S/C11H21NOS/c13-9-11(4-1-5-12-11)8-10-2-6-14-7-3-10/h10,12-13H,1-9H2. The van der Waals surface area contributed by atoms with Crippen LogP contribution in [0.1, 0.15) is 32.1 Å². The molecule has 0 aliphatic carbocycles. The second kappa shape index (κ2) is 4.86. The fraction of sp³-hybridized carbons (Fsp3) is 1.00. The first kappa shape index (κ1) is 10.8. The Bertz CT molecular complexity index is 174. The maximum Gasteiger partial charge on any atom is 0.0613 e. The summed E-state index contributed by atoms with van der Waals surface area (Å²) in [6, 6.07) is 0. The van der Waals surface area contributed by atoms with E-state index < -0.39 is 0 Å². The van der Waals surface area contributed by atoms with Gasteiger partial charge in [0.05, 0.1) is 6.61 Å². The van der Waals surface area contributed by atoms with Crippen LogP contribution in [0.15, 0.2) is 0 Å². The molecule has 0 aromatic rings. The fourth-order valence-corrected chi connectivity index (χ4v) is 3.95. The summed E-state index contributed by atoms with van der Waals surface area (Å²) in [6.07, 6.45) is 6.32. The number of hydrogen-bond acceptors (Lipinski definition) is 3. The summed E-state index contributed by atoms with van der Waals surface area (Å²) in [6.45, 7) is 1.43. The molecule has 1 unspecified atom stereocenters. The first-order chi connectivity index (χ1) is 6.85. The molecule has 2 aliphatic heterocycles. The lowest BCUT2D eigenvalue weighted by molar-refractivity contribution is 0.147. The molecule has 2 fully saturated rings. The molecule has 14 heavy (non-hydrogen) atoms. The van der Waals surface area contributed by atoms with Crippen LogP contribution in [0, 0.1) is 5.92 Å². The molecule has 0 radical (unpaired) electrons. The summed E-state index contributed by atoms with van der Waals surface area (Å²) < 4.78 is 0. The van der Waals surface area contributed by atoms with Gasteiger partial charge in [0.2, 0.25) is 0 Å². The SMILES string of the molecule is OCC1(CC2CCSCC2)CCCN1. The summed E-state index contributed by atoms with van der Waals surface area (Å²) in [4.78, 5) is 0. The van der Waals surface area contributed by atoms with Crippen LogP contribution in [0.3, 0.4) is 0 Å². The van der Waals surface area contributed by atoms with Crippen molar-refractivity contribution in [1.82, 2.24) is 5.32 Å². The highest BCUT2D eigenvalue weighted by Gasteiger charge is 2.35. The van der Waals surface area contributed by atoms with E-state index in [0.717, 1.165) is 12.5 Å². The van der Waals surface area contributed by atoms with Crippen LogP contribution in [0.2, 0.25) is 0 Å². The molecule has 0 spiro atoms. The average molecular weight is 215 g/mol. The van der Waals surface area contributed by atoms with Crippen molar-refractivity contribution in [3.63, 3.8) is 0 Å². The van der Waals surface area contributed by atoms with Crippen molar-refractivity contribution in [3.8, 4) is 0 Å². The maximum absolute atomic E-state index is 9.48. The van der Waals surface area contributed by atoms with Gasteiger partial charge in [-0.3, -0.25) is 0 Å². The third kappa shape index (κ3) is 2.44. The van der Waals surface area contributed by atoms with Gasteiger partial charge < -0.3 is 10.4 Å². The van der Waals surface area contributed by atoms with Gasteiger partial charge in [-0.25, -0.2) is 0 Å². The summed E-state index contributed by atoms with van der Waals surface area (Å²) in [7, 11) is 0. The summed E-state index contributed by atoms with van der Waals surface area (Å²) >= 11 is 2.08. The number of hydrogen-bond donors (Lipinski definition) is 2. The summed E-state index contributed by atoms with van der Waals surface area (Å²) in [5.41, 5.74) is 0.0900. The van der Waals surface area contributed by atoms with Crippen LogP contribution in [0.4, 0.5) is 0 Å². The number of nitrogens with one attached hydrogen (secondary N) is 1. The highest BCUT2D eigenvalue weighted by molar-refractivity contribution is 7.99. The molecule has 2 saturated heterocycles. The number of thioether (sulfide) groups is 1. The van der Waals surface area contributed by atoms with Crippen molar-refractivity contribution in [2.75, 3.05) is 24.7 Å². The second-order valence-electron chi connectivity index (χ2n) is 4.73. The van der Waals surface area contributed by atoms with Crippen molar-refractivity contribution < 1.29 is 5.11 Å². The van der Waals surface area contributed by atoms with E-state index in [1.165, 1.54) is 43.6 Å². The minimum Gasteiger partial charge on any atom is -0.394 e. The predicted molar refractivity (Wildman–Crippen MR) is 61.7 cm³/mol. The zero-order valence-corrected chi connectivity index (χ0v) is 9.61. The molecule has 82 valence electrons. The molecular formula is C11H21NOS. The van der Waals surface area contributed by atoms with Gasteiger partial charge in [0.1, 0.15) is 0 Å². The van der Waals surface area contributed by atoms with E-state index in [4.69, 9.17) is 0 Å². The smallest absolute Gasteiger partial charge is 0.0613 e. The Morgan fingerprint density at radius 2 is 2.14 bits per heavy atom. The van der Waals surface area contributed by atoms with E-state index in [1.54, 1.807) is 0 Å². The molecule has 2 rings (SSSR count). The van der Waals surface area contributed by atoms with Crippen molar-refractivity contribution in [1.29, 1.82) is 0 Å². The number of aliphatic hydroxyl groups excluding tert-OH is 1. The highest BCUT2D eigenvalue weighted by Crippen LogP contribution is 2.33. The minimum atomic E-state index is 0.0900. The third-order valence-corrected chi connectivity index (χ3v) is 4.70. The van der Waals surface area contributed by atoms with Gasteiger partial charge in [0.15, 0.2) is 0 Å². The Hall–Kier alpha value is 0.270. The van der Waals surface area contributed by atoms with E-state index in [9.17, 15) is 5.11 Å². The zero-order chi connectivity index (χ0) is 9.86. The van der Waals surface area contributed by atoms with E-state index in [-0.39, 0.29) is 5.54 Å². The Morgan fingerprint density at radius 1 is 1.36 bits per heavy atom. The average Bonchev–Trinajstić information content (AvgIpc) is 2.69. The van der Waals surface area contributed by atoms with Crippen molar-refractivity contribution in [2.45, 2.75) is 37.6 Å². The summed E-state index contributed by atoms with van der Waals surface area (Å²) in [5, 5.41) is 13.0. The van der Waals surface area contributed by atoms with Gasteiger partial charge in [-0.1, -0.05) is 0 Å². The van der Waals surface area contributed by atoms with Crippen molar-refractivity contribution in [2.24, 2.45) is 5.92 Å². The van der Waals surface area contributed by atoms with E-state index in [1.807, 2.05) is 0 Å². The van der Waals surface area contributed by atoms with Crippen LogP contribution in [0.25, 0.3) is 0 Å². The van der Waals surface area contributed by atoms with Gasteiger partial charge in [-0.15, -0.1) is 0 Å². The molecule has 1 atom stereocenters. The first-order valence-electron chi connectivity index (χ1n) is 5.78. The first-order valence-corrected chi connectivity index (χ1v) is 6.94. The van der Waals surface area contributed by atoms with Crippen LogP contribution < -0.4 is 5.32 Å². The quantitative estimate of drug-likeness (QED) is 0.750. The summed E-state index contributed by atoms with van der Waals surface area (Å²) in [5.74, 6) is 3.51. The Kier molecular flexibility index (Phi) is 3.74. The lowest BCUT2D eigenvalue weighted by Gasteiger charge is -2.33. The molecule has 2 heterocycles. The monoisotopic (exact) mass is 215 g/mol. The normalized spacial score (nSPS) is 34.9. The lowest BCUT2D eigenvalue weighted by Crippen LogP contribution is -2.45. The second-order valence-corrected chi connectivity index (χ2v) is 5.95. The Labute approximate surface area is 90.8 Å². The van der Waals surface area contributed by atoms with Crippen molar-refractivity contribution in [3.05, 3.63) is 0 Å². The molecule has 0 aromatic heterocycles. The maximum atomic E-state index is 9.48. The number of aliphatic hydroxyl groups is 1. The molecule has 0 amide bonds. The molecule has 0 saturated carbocycles. The van der Waals surface area contributed by atoms with Crippen LogP contribution >= 0.6 is 11.8 Å². The molecule has 0 aromatic carbocycles. The molecule has 3 heteroatoms. The molecule has 2 N–H and O–H groups in total. The van der Waals surface area contributed by atoms with Gasteiger partial charge in [0, 0.05) is 5.54 Å². The molecule has 2 aliphatic rings. The highest BCUT2D eigenvalue weighted by atomic mass is 32.2. The van der Waals surface area contributed by atoms with Crippen LogP contribution in [-0.4, -0.2) is 35.3 Å². The Balaban J connectivity index is 1.86. The fourth-order valence-electron chi connectivity index (χ4n) is 2.75. The predicted octanol–water partition coefficient (Wildman–Crippen LogP) is 1.63. The topological polar surface area (TPSA) is 32.3 Å².